The highest BCUT2D eigenvalue weighted by molar-refractivity contribution is 7.89. The smallest absolute Gasteiger partial charge is 0.407 e. The van der Waals surface area contributed by atoms with E-state index < -0.39 is 16.1 Å². The molecule has 116 valence electrons. The lowest BCUT2D eigenvalue weighted by atomic mass is 10.2. The quantitative estimate of drug-likeness (QED) is 0.830. The van der Waals surface area contributed by atoms with Gasteiger partial charge in [-0.2, -0.15) is 4.31 Å². The van der Waals surface area contributed by atoms with Crippen LogP contribution >= 0.6 is 0 Å². The van der Waals surface area contributed by atoms with Crippen molar-refractivity contribution in [3.63, 3.8) is 0 Å². The summed E-state index contributed by atoms with van der Waals surface area (Å²) in [6.45, 7) is 0.893. The summed E-state index contributed by atoms with van der Waals surface area (Å²) in [6.07, 6.45) is 0.00892. The van der Waals surface area contributed by atoms with Crippen LogP contribution in [0.15, 0.2) is 29.2 Å². The van der Waals surface area contributed by atoms with Gasteiger partial charge in [0.15, 0.2) is 0 Å². The van der Waals surface area contributed by atoms with Gasteiger partial charge < -0.3 is 15.8 Å². The van der Waals surface area contributed by atoms with E-state index in [-0.39, 0.29) is 24.0 Å². The van der Waals surface area contributed by atoms with Gasteiger partial charge in [-0.15, -0.1) is 0 Å². The zero-order chi connectivity index (χ0) is 15.5. The maximum atomic E-state index is 12.5. The van der Waals surface area contributed by atoms with Gasteiger partial charge in [0.2, 0.25) is 10.0 Å². The van der Waals surface area contributed by atoms with E-state index in [0.717, 1.165) is 5.56 Å². The minimum atomic E-state index is -3.56. The summed E-state index contributed by atoms with van der Waals surface area (Å²) in [5.74, 6) is 0. The third-order valence-electron chi connectivity index (χ3n) is 3.43. The van der Waals surface area contributed by atoms with Crippen molar-refractivity contribution >= 4 is 16.1 Å². The number of hydrogen-bond acceptors (Lipinski definition) is 5. The van der Waals surface area contributed by atoms with Gasteiger partial charge in [0.1, 0.15) is 0 Å². The first kappa shape index (κ1) is 15.7. The topological polar surface area (TPSA) is 102 Å². The van der Waals surface area contributed by atoms with Gasteiger partial charge in [-0.05, 0) is 24.1 Å². The molecule has 0 aliphatic carbocycles. The standard InChI is InChI=1S/C13H19N3O4S/c1-20-13(17)15-11-5-6-16(9-11)21(18,19)12-4-2-3-10(7-12)8-14/h2-4,7,11H,5-6,8-9,14H2,1H3,(H,15,17). The Labute approximate surface area is 124 Å². The number of benzene rings is 1. The molecule has 1 atom stereocenters. The molecule has 0 spiro atoms. The molecule has 0 radical (unpaired) electrons. The number of sulfonamides is 1. The summed E-state index contributed by atoms with van der Waals surface area (Å²) < 4.78 is 31.0. The molecule has 8 heteroatoms. The summed E-state index contributed by atoms with van der Waals surface area (Å²) >= 11 is 0. The minimum absolute atomic E-state index is 0.226. The first-order valence-corrected chi connectivity index (χ1v) is 8.05. The fourth-order valence-corrected chi connectivity index (χ4v) is 3.84. The SMILES string of the molecule is COC(=O)NC1CCN(S(=O)(=O)c2cccc(CN)c2)C1. The number of rotatable bonds is 4. The maximum Gasteiger partial charge on any atom is 0.407 e. The van der Waals surface area contributed by atoms with E-state index in [4.69, 9.17) is 5.73 Å². The monoisotopic (exact) mass is 313 g/mol. The van der Waals surface area contributed by atoms with Crippen molar-refractivity contribution in [2.45, 2.75) is 23.9 Å². The third-order valence-corrected chi connectivity index (χ3v) is 5.29. The summed E-state index contributed by atoms with van der Waals surface area (Å²) in [5, 5.41) is 2.62. The first-order chi connectivity index (χ1) is 9.97. The van der Waals surface area contributed by atoms with E-state index in [1.54, 1.807) is 24.3 Å². The van der Waals surface area contributed by atoms with Crippen molar-refractivity contribution in [1.29, 1.82) is 0 Å². The number of nitrogens with two attached hydrogens (primary N) is 1. The summed E-state index contributed by atoms with van der Waals surface area (Å²) in [4.78, 5) is 11.4. The number of hydrogen-bond donors (Lipinski definition) is 2. The molecule has 1 fully saturated rings. The number of amides is 1. The van der Waals surface area contributed by atoms with Gasteiger partial charge in [-0.25, -0.2) is 13.2 Å². The van der Waals surface area contributed by atoms with Crippen LogP contribution in [-0.2, 0) is 21.3 Å². The number of alkyl carbamates (subject to hydrolysis) is 1. The molecule has 1 unspecified atom stereocenters. The van der Waals surface area contributed by atoms with Crippen molar-refractivity contribution in [3.05, 3.63) is 29.8 Å². The Balaban J connectivity index is 2.12. The molecule has 21 heavy (non-hydrogen) atoms. The molecule has 0 saturated carbocycles. The lowest BCUT2D eigenvalue weighted by molar-refractivity contribution is 0.167. The molecule has 0 aromatic heterocycles. The number of ether oxygens (including phenoxy) is 1. The molecule has 2 rings (SSSR count). The molecular weight excluding hydrogens is 294 g/mol. The van der Waals surface area contributed by atoms with Crippen LogP contribution < -0.4 is 11.1 Å². The van der Waals surface area contributed by atoms with Crippen LogP contribution in [0.3, 0.4) is 0 Å². The summed E-state index contributed by atoms with van der Waals surface area (Å²) in [7, 11) is -2.29. The van der Waals surface area contributed by atoms with E-state index in [9.17, 15) is 13.2 Å². The van der Waals surface area contributed by atoms with Crippen LogP contribution in [0, 0.1) is 0 Å². The second kappa shape index (κ2) is 6.42. The zero-order valence-corrected chi connectivity index (χ0v) is 12.6. The van der Waals surface area contributed by atoms with E-state index in [2.05, 4.69) is 10.1 Å². The van der Waals surface area contributed by atoms with Crippen molar-refractivity contribution in [2.75, 3.05) is 20.2 Å². The molecule has 1 amide bonds. The number of carbonyl (C=O) groups excluding carboxylic acids is 1. The van der Waals surface area contributed by atoms with Crippen LogP contribution in [0.25, 0.3) is 0 Å². The Bertz CT molecular complexity index is 618. The van der Waals surface area contributed by atoms with E-state index >= 15 is 0 Å². The fourth-order valence-electron chi connectivity index (χ4n) is 2.27. The van der Waals surface area contributed by atoms with Gasteiger partial charge in [0.25, 0.3) is 0 Å². The summed E-state index contributed by atoms with van der Waals surface area (Å²) in [6, 6.07) is 6.36. The number of carbonyl (C=O) groups is 1. The number of methoxy groups -OCH3 is 1. The van der Waals surface area contributed by atoms with Gasteiger partial charge in [-0.3, -0.25) is 0 Å². The Kier molecular flexibility index (Phi) is 4.81. The van der Waals surface area contributed by atoms with Gasteiger partial charge in [0.05, 0.1) is 12.0 Å². The lowest BCUT2D eigenvalue weighted by Crippen LogP contribution is -2.38. The molecule has 1 aromatic carbocycles. The lowest BCUT2D eigenvalue weighted by Gasteiger charge is -2.17. The molecular formula is C13H19N3O4S. The van der Waals surface area contributed by atoms with E-state index in [0.29, 0.717) is 13.0 Å². The molecule has 1 aromatic rings. The Morgan fingerprint density at radius 2 is 2.29 bits per heavy atom. The second-order valence-electron chi connectivity index (χ2n) is 4.84. The van der Waals surface area contributed by atoms with Gasteiger partial charge >= 0.3 is 6.09 Å². The van der Waals surface area contributed by atoms with Crippen molar-refractivity contribution < 1.29 is 17.9 Å². The van der Waals surface area contributed by atoms with Crippen LogP contribution in [-0.4, -0.2) is 45.1 Å². The van der Waals surface area contributed by atoms with Crippen LogP contribution in [0.5, 0.6) is 0 Å². The van der Waals surface area contributed by atoms with E-state index in [1.165, 1.54) is 11.4 Å². The van der Waals surface area contributed by atoms with Gasteiger partial charge in [0, 0.05) is 25.7 Å². The highest BCUT2D eigenvalue weighted by atomic mass is 32.2. The van der Waals surface area contributed by atoms with Crippen LogP contribution in [0.4, 0.5) is 4.79 Å². The largest absolute Gasteiger partial charge is 0.453 e. The van der Waals surface area contributed by atoms with Crippen molar-refractivity contribution in [1.82, 2.24) is 9.62 Å². The normalized spacial score (nSPS) is 19.4. The van der Waals surface area contributed by atoms with Gasteiger partial charge in [-0.1, -0.05) is 12.1 Å². The van der Waals surface area contributed by atoms with Crippen molar-refractivity contribution in [2.24, 2.45) is 5.73 Å². The predicted octanol–water partition coefficient (Wildman–Crippen LogP) is 0.264. The molecule has 1 aliphatic heterocycles. The zero-order valence-electron chi connectivity index (χ0n) is 11.8. The average Bonchev–Trinajstić information content (AvgIpc) is 2.96. The second-order valence-corrected chi connectivity index (χ2v) is 6.77. The number of nitrogens with zero attached hydrogens (tertiary/aromatic N) is 1. The van der Waals surface area contributed by atoms with Crippen molar-refractivity contribution in [3.8, 4) is 0 Å². The molecule has 1 saturated heterocycles. The highest BCUT2D eigenvalue weighted by Gasteiger charge is 2.33. The van der Waals surface area contributed by atoms with Crippen LogP contribution in [0.1, 0.15) is 12.0 Å². The Hall–Kier alpha value is -1.64. The summed E-state index contributed by atoms with van der Waals surface area (Å²) in [5.41, 5.74) is 6.30. The maximum absolute atomic E-state index is 12.5. The predicted molar refractivity (Wildman–Crippen MR) is 77.0 cm³/mol. The Morgan fingerprint density at radius 3 is 2.95 bits per heavy atom. The minimum Gasteiger partial charge on any atom is -0.453 e. The highest BCUT2D eigenvalue weighted by Crippen LogP contribution is 2.21. The average molecular weight is 313 g/mol. The third kappa shape index (κ3) is 3.52. The molecule has 1 heterocycles. The molecule has 1 aliphatic rings. The fraction of sp³-hybridized carbons (Fsp3) is 0.462. The van der Waals surface area contributed by atoms with E-state index in [1.807, 2.05) is 0 Å². The number of nitrogens with one attached hydrogen (secondary N) is 1. The molecule has 3 N–H and O–H groups in total. The molecule has 7 nitrogen and oxygen atoms in total. The van der Waals surface area contributed by atoms with Crippen LogP contribution in [0.2, 0.25) is 0 Å². The molecule has 0 bridgehead atoms. The first-order valence-electron chi connectivity index (χ1n) is 6.61. The Morgan fingerprint density at radius 1 is 1.52 bits per heavy atom.